The second-order valence-corrected chi connectivity index (χ2v) is 6.27. The zero-order valence-electron chi connectivity index (χ0n) is 11.1. The summed E-state index contributed by atoms with van der Waals surface area (Å²) >= 11 is -1.21. The van der Waals surface area contributed by atoms with Crippen LogP contribution in [0, 0.1) is 6.92 Å². The first kappa shape index (κ1) is 18.7. The molecule has 0 fully saturated rings. The second-order valence-electron chi connectivity index (χ2n) is 3.84. The number of aryl methyl sites for hydroxylation is 1. The Hall–Kier alpha value is -0.380. The quantitative estimate of drug-likeness (QED) is 0.613. The number of hydrogen-bond acceptors (Lipinski definition) is 4. The third-order valence-corrected chi connectivity index (χ3v) is 4.41. The van der Waals surface area contributed by atoms with E-state index in [9.17, 15) is 21.9 Å². The largest absolute Gasteiger partial charge is 1.00 e. The Morgan fingerprint density at radius 3 is 2.24 bits per heavy atom. The van der Waals surface area contributed by atoms with Gasteiger partial charge in [-0.1, -0.05) is 12.1 Å². The van der Waals surface area contributed by atoms with Crippen molar-refractivity contribution in [3.8, 4) is 16.9 Å². The van der Waals surface area contributed by atoms with Gasteiger partial charge in [0.2, 0.25) is 0 Å². The third kappa shape index (κ3) is 5.08. The maximum absolute atomic E-state index is 12.0. The van der Waals surface area contributed by atoms with Crippen molar-refractivity contribution in [3.05, 3.63) is 35.2 Å². The third-order valence-electron chi connectivity index (χ3n) is 2.46. The summed E-state index contributed by atoms with van der Waals surface area (Å²) in [4.78, 5) is 0.772. The van der Waals surface area contributed by atoms with Crippen LogP contribution in [-0.4, -0.2) is 15.1 Å². The van der Waals surface area contributed by atoms with Crippen LogP contribution in [0.1, 0.15) is 4.88 Å². The zero-order chi connectivity index (χ0) is 14.9. The number of thiophene rings is 1. The van der Waals surface area contributed by atoms with Crippen molar-refractivity contribution in [3.63, 3.8) is 0 Å². The molecule has 1 heterocycles. The molecular formula is C12H8F3NaO3S2. The van der Waals surface area contributed by atoms with Crippen LogP contribution in [0.25, 0.3) is 11.1 Å². The van der Waals surface area contributed by atoms with Crippen LogP contribution in [0.2, 0.25) is 0 Å². The van der Waals surface area contributed by atoms with Gasteiger partial charge in [-0.25, -0.2) is 0 Å². The number of benzene rings is 1. The molecule has 0 N–H and O–H groups in total. The van der Waals surface area contributed by atoms with Crippen molar-refractivity contribution < 1.29 is 56.2 Å². The van der Waals surface area contributed by atoms with E-state index >= 15 is 0 Å². The molecule has 0 saturated heterocycles. The summed E-state index contributed by atoms with van der Waals surface area (Å²) in [6.45, 7) is 1.75. The fourth-order valence-corrected chi connectivity index (χ4v) is 3.29. The number of alkyl halides is 3. The monoisotopic (exact) mass is 344 g/mol. The van der Waals surface area contributed by atoms with Crippen LogP contribution in [0.5, 0.6) is 5.75 Å². The van der Waals surface area contributed by atoms with E-state index in [4.69, 9.17) is 0 Å². The van der Waals surface area contributed by atoms with Crippen molar-refractivity contribution in [2.24, 2.45) is 0 Å². The number of rotatable bonds is 3. The first-order chi connectivity index (χ1) is 9.26. The number of ether oxygens (including phenoxy) is 1. The Morgan fingerprint density at radius 2 is 1.81 bits per heavy atom. The minimum absolute atomic E-state index is 0. The van der Waals surface area contributed by atoms with E-state index in [1.165, 1.54) is 30.3 Å². The molecule has 1 aromatic heterocycles. The molecule has 9 heteroatoms. The SMILES string of the molecule is Cc1sc(S(=O)[O-])cc1-c1ccc(OC(F)(F)F)cc1.[Na+]. The van der Waals surface area contributed by atoms with E-state index in [2.05, 4.69) is 4.74 Å². The van der Waals surface area contributed by atoms with Gasteiger partial charge in [-0.15, -0.1) is 24.5 Å². The zero-order valence-corrected chi connectivity index (χ0v) is 14.7. The second kappa shape index (κ2) is 7.26. The van der Waals surface area contributed by atoms with E-state index in [0.717, 1.165) is 16.2 Å². The Bertz CT molecular complexity index is 638. The van der Waals surface area contributed by atoms with Crippen LogP contribution < -0.4 is 34.3 Å². The first-order valence-electron chi connectivity index (χ1n) is 5.32. The summed E-state index contributed by atoms with van der Waals surface area (Å²) in [6.07, 6.45) is -4.73. The summed E-state index contributed by atoms with van der Waals surface area (Å²) in [6, 6.07) is 6.77. The average molecular weight is 344 g/mol. The molecule has 3 nitrogen and oxygen atoms in total. The Morgan fingerprint density at radius 1 is 1.24 bits per heavy atom. The van der Waals surface area contributed by atoms with E-state index in [1.807, 2.05) is 0 Å². The summed E-state index contributed by atoms with van der Waals surface area (Å²) in [5.41, 5.74) is 1.30. The molecule has 0 bridgehead atoms. The topological polar surface area (TPSA) is 49.4 Å². The standard InChI is InChI=1S/C12H9F3O3S2.Na/c1-7-10(6-11(19-7)20(16)17)8-2-4-9(5-3-8)18-12(13,14)15;/h2-6H,1H3,(H,16,17);/q;+1/p-1. The van der Waals surface area contributed by atoms with Gasteiger partial charge >= 0.3 is 35.9 Å². The molecule has 1 aromatic carbocycles. The minimum Gasteiger partial charge on any atom is -0.768 e. The van der Waals surface area contributed by atoms with E-state index in [1.54, 1.807) is 6.92 Å². The van der Waals surface area contributed by atoms with Crippen LogP contribution in [0.4, 0.5) is 13.2 Å². The van der Waals surface area contributed by atoms with E-state index in [0.29, 0.717) is 11.1 Å². The molecule has 21 heavy (non-hydrogen) atoms. The van der Waals surface area contributed by atoms with Gasteiger partial charge < -0.3 is 9.29 Å². The van der Waals surface area contributed by atoms with Crippen molar-refractivity contribution >= 4 is 22.4 Å². The van der Waals surface area contributed by atoms with Crippen molar-refractivity contribution in [1.29, 1.82) is 0 Å². The summed E-state index contributed by atoms with van der Waals surface area (Å²) in [5, 5.41) is 0. The molecule has 0 aliphatic carbocycles. The van der Waals surface area contributed by atoms with Gasteiger partial charge in [0, 0.05) is 4.88 Å². The van der Waals surface area contributed by atoms with Gasteiger partial charge in [0.1, 0.15) is 5.75 Å². The van der Waals surface area contributed by atoms with Crippen molar-refractivity contribution in [2.75, 3.05) is 0 Å². The molecule has 1 atom stereocenters. The van der Waals surface area contributed by atoms with E-state index < -0.39 is 17.4 Å². The van der Waals surface area contributed by atoms with Crippen LogP contribution in [0.15, 0.2) is 34.5 Å². The van der Waals surface area contributed by atoms with Gasteiger partial charge in [0.25, 0.3) is 0 Å². The predicted molar refractivity (Wildman–Crippen MR) is 68.4 cm³/mol. The van der Waals surface area contributed by atoms with Crippen LogP contribution in [0.3, 0.4) is 0 Å². The van der Waals surface area contributed by atoms with Crippen LogP contribution >= 0.6 is 11.3 Å². The normalized spacial score (nSPS) is 12.6. The fourth-order valence-electron chi connectivity index (χ4n) is 1.66. The van der Waals surface area contributed by atoms with Gasteiger partial charge in [0.05, 0.1) is 4.21 Å². The van der Waals surface area contributed by atoms with Crippen molar-refractivity contribution in [1.82, 2.24) is 0 Å². The molecule has 0 saturated carbocycles. The molecule has 0 amide bonds. The predicted octanol–water partition coefficient (Wildman–Crippen LogP) is 0.864. The molecule has 2 aromatic rings. The first-order valence-corrected chi connectivity index (χ1v) is 7.21. The molecular weight excluding hydrogens is 336 g/mol. The Kier molecular flexibility index (Phi) is 6.45. The average Bonchev–Trinajstić information content (AvgIpc) is 2.70. The van der Waals surface area contributed by atoms with E-state index in [-0.39, 0.29) is 39.5 Å². The summed E-state index contributed by atoms with van der Waals surface area (Å²) < 4.78 is 61.8. The Balaban J connectivity index is 0.00000220. The van der Waals surface area contributed by atoms with Gasteiger partial charge in [-0.3, -0.25) is 4.21 Å². The molecule has 108 valence electrons. The van der Waals surface area contributed by atoms with Gasteiger partial charge in [-0.05, 0) is 47.3 Å². The molecule has 0 radical (unpaired) electrons. The number of halogens is 3. The summed E-state index contributed by atoms with van der Waals surface area (Å²) in [5.74, 6) is -0.318. The maximum atomic E-state index is 12.0. The summed E-state index contributed by atoms with van der Waals surface area (Å²) in [7, 11) is 0. The van der Waals surface area contributed by atoms with Gasteiger partial charge in [-0.2, -0.15) is 0 Å². The molecule has 2 rings (SSSR count). The fraction of sp³-hybridized carbons (Fsp3) is 0.167. The smallest absolute Gasteiger partial charge is 0.768 e. The van der Waals surface area contributed by atoms with Crippen molar-refractivity contribution in [2.45, 2.75) is 17.5 Å². The minimum atomic E-state index is -4.73. The maximum Gasteiger partial charge on any atom is 1.00 e. The van der Waals surface area contributed by atoms with Crippen LogP contribution in [-0.2, 0) is 11.1 Å². The Labute approximate surface area is 147 Å². The molecule has 0 spiro atoms. The molecule has 0 aliphatic heterocycles. The number of hydrogen-bond donors (Lipinski definition) is 0. The van der Waals surface area contributed by atoms with Gasteiger partial charge in [0.15, 0.2) is 0 Å². The molecule has 0 aliphatic rings. The molecule has 1 unspecified atom stereocenters.